The van der Waals surface area contributed by atoms with Gasteiger partial charge in [0, 0.05) is 19.5 Å². The van der Waals surface area contributed by atoms with Crippen molar-refractivity contribution in [3.05, 3.63) is 11.6 Å². The lowest BCUT2D eigenvalue weighted by Gasteiger charge is -2.05. The molecule has 0 bridgehead atoms. The molecule has 0 aromatic carbocycles. The summed E-state index contributed by atoms with van der Waals surface area (Å²) in [5.74, 6) is 0. The normalized spacial score (nSPS) is 9.25. The van der Waals surface area contributed by atoms with Gasteiger partial charge in [0.05, 0.1) is 11.9 Å². The first-order chi connectivity index (χ1) is 3.80. The fourth-order valence-electron chi connectivity index (χ4n) is 0.420. The fourth-order valence-corrected chi connectivity index (χ4v) is 1.03. The predicted octanol–water partition coefficient (Wildman–Crippen LogP) is 1.21. The minimum Gasteiger partial charge on any atom is -0.376 e. The van der Waals surface area contributed by atoms with Gasteiger partial charge in [0.25, 0.3) is 0 Å². The molecule has 0 unspecified atom stereocenters. The number of hydrogen-bond acceptors (Lipinski definition) is 3. The summed E-state index contributed by atoms with van der Waals surface area (Å²) in [6.07, 6.45) is 1.85. The van der Waals surface area contributed by atoms with Crippen LogP contribution in [0.2, 0.25) is 0 Å². The van der Waals surface area contributed by atoms with Gasteiger partial charge in [-0.15, -0.1) is 0 Å². The first-order valence-corrected chi connectivity index (χ1v) is 3.21. The molecule has 0 aliphatic carbocycles. The summed E-state index contributed by atoms with van der Waals surface area (Å²) in [7, 11) is 4.01. The second-order valence-electron chi connectivity index (χ2n) is 1.78. The molecule has 1 aromatic heterocycles. The summed E-state index contributed by atoms with van der Waals surface area (Å²) in [4.78, 5) is 2.03. The molecule has 1 aromatic rings. The lowest BCUT2D eigenvalue weighted by molar-refractivity contribution is 1.13. The average Bonchev–Trinajstić information content (AvgIpc) is 2.12. The van der Waals surface area contributed by atoms with E-state index >= 15 is 0 Å². The third kappa shape index (κ3) is 0.980. The Balaban J connectivity index is 2.77. The number of rotatable bonds is 1. The van der Waals surface area contributed by atoms with Crippen LogP contribution in [0.25, 0.3) is 0 Å². The minimum absolute atomic E-state index is 1.18. The Morgan fingerprint density at radius 2 is 2.38 bits per heavy atom. The molecule has 8 heavy (non-hydrogen) atoms. The average molecular weight is 128 g/mol. The molecule has 1 rings (SSSR count). The van der Waals surface area contributed by atoms with E-state index in [1.807, 2.05) is 30.6 Å². The lowest BCUT2D eigenvalue weighted by Crippen LogP contribution is -2.06. The van der Waals surface area contributed by atoms with E-state index in [1.54, 1.807) is 0 Å². The van der Waals surface area contributed by atoms with Crippen LogP contribution in [-0.4, -0.2) is 18.5 Å². The van der Waals surface area contributed by atoms with E-state index in [4.69, 9.17) is 0 Å². The van der Waals surface area contributed by atoms with Gasteiger partial charge in [-0.25, -0.2) is 0 Å². The van der Waals surface area contributed by atoms with E-state index in [0.29, 0.717) is 0 Å². The first kappa shape index (κ1) is 5.56. The van der Waals surface area contributed by atoms with Gasteiger partial charge in [-0.2, -0.15) is 4.37 Å². The first-order valence-electron chi connectivity index (χ1n) is 2.37. The molecule has 3 heteroatoms. The molecule has 0 N–H and O–H groups in total. The summed E-state index contributed by atoms with van der Waals surface area (Å²) in [5, 5.41) is 2.01. The highest BCUT2D eigenvalue weighted by atomic mass is 32.1. The largest absolute Gasteiger partial charge is 0.376 e. The van der Waals surface area contributed by atoms with E-state index in [-0.39, 0.29) is 0 Å². The van der Waals surface area contributed by atoms with Crippen molar-refractivity contribution in [1.29, 1.82) is 0 Å². The molecule has 0 aliphatic heterocycles. The fraction of sp³-hybridized carbons (Fsp3) is 0.400. The Kier molecular flexibility index (Phi) is 1.48. The molecule has 0 saturated carbocycles. The smallest absolute Gasteiger partial charge is 0.0673 e. The predicted molar refractivity (Wildman–Crippen MR) is 36.4 cm³/mol. The van der Waals surface area contributed by atoms with Gasteiger partial charge in [0.15, 0.2) is 0 Å². The number of anilines is 1. The summed E-state index contributed by atoms with van der Waals surface area (Å²) in [5.41, 5.74) is 1.18. The van der Waals surface area contributed by atoms with Crippen LogP contribution in [0, 0.1) is 0 Å². The van der Waals surface area contributed by atoms with Gasteiger partial charge in [0.2, 0.25) is 0 Å². The highest BCUT2D eigenvalue weighted by Gasteiger charge is 1.91. The van der Waals surface area contributed by atoms with Gasteiger partial charge in [-0.1, -0.05) is 0 Å². The molecular weight excluding hydrogens is 120 g/mol. The van der Waals surface area contributed by atoms with Crippen molar-refractivity contribution in [2.24, 2.45) is 0 Å². The zero-order chi connectivity index (χ0) is 5.98. The van der Waals surface area contributed by atoms with Crippen LogP contribution in [0.3, 0.4) is 0 Å². The Hall–Kier alpha value is -0.570. The van der Waals surface area contributed by atoms with Crippen LogP contribution in [0.15, 0.2) is 11.6 Å². The number of nitrogens with zero attached hydrogens (tertiary/aromatic N) is 2. The second kappa shape index (κ2) is 2.13. The minimum atomic E-state index is 1.18. The molecule has 0 atom stereocenters. The molecule has 2 nitrogen and oxygen atoms in total. The Labute approximate surface area is 52.9 Å². The Morgan fingerprint density at radius 3 is 2.62 bits per heavy atom. The molecule has 0 fully saturated rings. The number of hydrogen-bond donors (Lipinski definition) is 0. The van der Waals surface area contributed by atoms with Gasteiger partial charge in [-0.3, -0.25) is 0 Å². The van der Waals surface area contributed by atoms with Crippen molar-refractivity contribution in [3.8, 4) is 0 Å². The highest BCUT2D eigenvalue weighted by molar-refractivity contribution is 7.04. The van der Waals surface area contributed by atoms with Crippen molar-refractivity contribution < 1.29 is 0 Å². The van der Waals surface area contributed by atoms with Crippen molar-refractivity contribution in [3.63, 3.8) is 0 Å². The quantitative estimate of drug-likeness (QED) is 0.565. The van der Waals surface area contributed by atoms with E-state index in [2.05, 4.69) is 4.37 Å². The maximum atomic E-state index is 3.94. The van der Waals surface area contributed by atoms with Crippen LogP contribution in [0.1, 0.15) is 0 Å². The molecule has 1 heterocycles. The summed E-state index contributed by atoms with van der Waals surface area (Å²) >= 11 is 1.48. The van der Waals surface area contributed by atoms with Crippen LogP contribution in [0.4, 0.5) is 5.69 Å². The Bertz CT molecular complexity index is 145. The van der Waals surface area contributed by atoms with Crippen molar-refractivity contribution in [2.45, 2.75) is 0 Å². The molecule has 0 saturated heterocycles. The lowest BCUT2D eigenvalue weighted by atomic mass is 10.5. The van der Waals surface area contributed by atoms with Crippen LogP contribution < -0.4 is 4.90 Å². The van der Waals surface area contributed by atoms with Crippen LogP contribution in [0.5, 0.6) is 0 Å². The van der Waals surface area contributed by atoms with E-state index in [1.165, 1.54) is 17.2 Å². The van der Waals surface area contributed by atoms with Gasteiger partial charge in [0.1, 0.15) is 0 Å². The topological polar surface area (TPSA) is 16.1 Å². The highest BCUT2D eigenvalue weighted by Crippen LogP contribution is 2.10. The van der Waals surface area contributed by atoms with Crippen LogP contribution >= 0.6 is 11.5 Å². The number of aromatic nitrogens is 1. The van der Waals surface area contributed by atoms with E-state index in [0.717, 1.165) is 0 Å². The molecule has 0 radical (unpaired) electrons. The SMILES string of the molecule is CN(C)c1cnsc1. The van der Waals surface area contributed by atoms with Gasteiger partial charge >= 0.3 is 0 Å². The molecule has 0 spiro atoms. The molecule has 0 aliphatic rings. The van der Waals surface area contributed by atoms with E-state index in [9.17, 15) is 0 Å². The van der Waals surface area contributed by atoms with Gasteiger partial charge in [-0.05, 0) is 11.5 Å². The van der Waals surface area contributed by atoms with Crippen LogP contribution in [-0.2, 0) is 0 Å². The zero-order valence-electron chi connectivity index (χ0n) is 4.96. The van der Waals surface area contributed by atoms with Crippen molar-refractivity contribution >= 4 is 17.2 Å². The standard InChI is InChI=1S/C5H8N2S/c1-7(2)5-3-6-8-4-5/h3-4H,1-2H3. The molecule has 0 amide bonds. The van der Waals surface area contributed by atoms with E-state index < -0.39 is 0 Å². The third-order valence-corrected chi connectivity index (χ3v) is 1.51. The Morgan fingerprint density at radius 1 is 1.62 bits per heavy atom. The summed E-state index contributed by atoms with van der Waals surface area (Å²) in [6, 6.07) is 0. The molecule has 44 valence electrons. The third-order valence-electron chi connectivity index (χ3n) is 0.936. The maximum absolute atomic E-state index is 3.94. The zero-order valence-corrected chi connectivity index (χ0v) is 5.77. The summed E-state index contributed by atoms with van der Waals surface area (Å²) < 4.78 is 3.94. The molecular formula is C5H8N2S. The van der Waals surface area contributed by atoms with Gasteiger partial charge < -0.3 is 4.90 Å². The second-order valence-corrected chi connectivity index (χ2v) is 2.43. The summed E-state index contributed by atoms with van der Waals surface area (Å²) in [6.45, 7) is 0. The van der Waals surface area contributed by atoms with Crippen molar-refractivity contribution in [1.82, 2.24) is 4.37 Å². The monoisotopic (exact) mass is 128 g/mol. The van der Waals surface area contributed by atoms with Crippen molar-refractivity contribution in [2.75, 3.05) is 19.0 Å². The maximum Gasteiger partial charge on any atom is 0.0673 e.